The molecule has 1 saturated heterocycles. The number of likely N-dealkylation sites (tertiary alicyclic amines) is 1. The number of hydrogen-bond donors (Lipinski definition) is 7. The summed E-state index contributed by atoms with van der Waals surface area (Å²) in [7, 11) is 4.76. The lowest BCUT2D eigenvalue weighted by molar-refractivity contribution is -0.139. The van der Waals surface area contributed by atoms with E-state index in [1.807, 2.05) is 68.3 Å². The number of alkyl halides is 5. The maximum absolute atomic E-state index is 14.0. The Labute approximate surface area is 504 Å². The molecule has 474 valence electrons. The fraction of sp³-hybridized carbons (Fsp3) is 0.582. The highest BCUT2D eigenvalue weighted by molar-refractivity contribution is 5.89. The van der Waals surface area contributed by atoms with Crippen molar-refractivity contribution in [2.75, 3.05) is 52.3 Å². The number of anilines is 2. The largest absolute Gasteiger partial charge is 0.469 e. The second kappa shape index (κ2) is 37.0. The van der Waals surface area contributed by atoms with Crippen molar-refractivity contribution in [2.24, 2.45) is 11.5 Å². The van der Waals surface area contributed by atoms with Gasteiger partial charge in [-0.15, -0.1) is 0 Å². The van der Waals surface area contributed by atoms with Gasteiger partial charge in [0.15, 0.2) is 0 Å². The van der Waals surface area contributed by atoms with Crippen molar-refractivity contribution in [3.05, 3.63) is 106 Å². The Morgan fingerprint density at radius 1 is 0.741 bits per heavy atom. The fourth-order valence-electron chi connectivity index (χ4n) is 10.7. The number of halogens is 5. The number of aliphatic hydroxyl groups excluding tert-OH is 1. The lowest BCUT2D eigenvalue weighted by Gasteiger charge is -2.33. The molecular weight excluding hydrogens is 1090 g/mol. The van der Waals surface area contributed by atoms with Crippen LogP contribution in [-0.4, -0.2) is 129 Å². The topological polar surface area (TPSA) is 231 Å². The van der Waals surface area contributed by atoms with E-state index >= 15 is 0 Å². The van der Waals surface area contributed by atoms with Crippen molar-refractivity contribution in [3.63, 3.8) is 0 Å². The van der Waals surface area contributed by atoms with Crippen molar-refractivity contribution in [1.29, 1.82) is 10.8 Å². The summed E-state index contributed by atoms with van der Waals surface area (Å²) in [5, 5.41) is 23.7. The molecule has 0 bridgehead atoms. The second-order valence-electron chi connectivity index (χ2n) is 23.3. The van der Waals surface area contributed by atoms with E-state index < -0.39 is 36.3 Å². The normalized spacial score (nSPS) is 19.3. The number of carbonyl (C=O) groups excluding carboxylic acids is 2. The smallest absolute Gasteiger partial charge is 0.309 e. The Morgan fingerprint density at radius 3 is 1.60 bits per heavy atom. The number of nitrogens with two attached hydrogens (primary N) is 4. The van der Waals surface area contributed by atoms with Crippen LogP contribution in [0.2, 0.25) is 0 Å². The number of ether oxygens (including phenoxy) is 2. The van der Waals surface area contributed by atoms with Gasteiger partial charge in [0.2, 0.25) is 6.41 Å². The van der Waals surface area contributed by atoms with Crippen LogP contribution in [0.15, 0.2) is 72.8 Å². The summed E-state index contributed by atoms with van der Waals surface area (Å²) < 4.78 is 75.4. The van der Waals surface area contributed by atoms with Crippen molar-refractivity contribution in [1.82, 2.24) is 9.80 Å². The first-order valence-corrected chi connectivity index (χ1v) is 30.4. The highest BCUT2D eigenvalue weighted by Crippen LogP contribution is 2.48. The lowest BCUT2D eigenvalue weighted by atomic mass is 9.90. The van der Waals surface area contributed by atoms with Crippen LogP contribution in [-0.2, 0) is 31.9 Å². The summed E-state index contributed by atoms with van der Waals surface area (Å²) in [5.41, 5.74) is 33.1. The molecule has 85 heavy (non-hydrogen) atoms. The maximum Gasteiger partial charge on any atom is 0.309 e. The molecule has 1 aliphatic heterocycles. The molecule has 1 amide bonds. The minimum Gasteiger partial charge on any atom is -0.469 e. The first-order valence-electron chi connectivity index (χ1n) is 30.4. The number of piperidine rings is 1. The van der Waals surface area contributed by atoms with Gasteiger partial charge in [-0.2, -0.15) is 0 Å². The molecule has 13 nitrogen and oxygen atoms in total. The molecule has 18 heteroatoms. The van der Waals surface area contributed by atoms with Gasteiger partial charge in [0.05, 0.1) is 31.8 Å². The van der Waals surface area contributed by atoms with Gasteiger partial charge in [0, 0.05) is 79.2 Å². The average molecular weight is 1190 g/mol. The van der Waals surface area contributed by atoms with Crippen molar-refractivity contribution in [2.45, 2.75) is 211 Å². The molecule has 5 fully saturated rings. The Morgan fingerprint density at radius 2 is 1.21 bits per heavy atom. The number of aliphatic hydroxyl groups is 1. The standard InChI is InChI=1S/C19H20N2O2.C18H20N2.C14H26F3NO.C8H17N.C6H10F2O.CH3NO.CH5N/c1-23-18(22)10-14-3-2-4-16(19(14)12-5-6-12)13-7-8-17(21)15(9-13)11-20;1-2-12-4-3-5-16(18(12)13-6-7-13)14-8-9-17(20)15(10-14)11-19;1-10(2)18(4)9-13(15)11(3)19-12-6-5-7-14(16,17)8-12;1-8(2)9-6-4-3-5-7-9;7-6(8)3-1-2-5(9)4-6;2-1-3;1-2/h2-4,7-9,11-12,20H,5-6,10,21H2,1H3;3-5,8-11,13,19H,2,6-7,20H2,1H3;10-13H,5-9H2,1-4H3;8H,3-7H2,1-2H3;5,9H,1-4H2;1H,(H2,2,3);2H2,1H3. The monoisotopic (exact) mass is 1190 g/mol. The number of esters is 1. The zero-order chi connectivity index (χ0) is 63.4. The van der Waals surface area contributed by atoms with Crippen molar-refractivity contribution < 1.29 is 46.1 Å². The van der Waals surface area contributed by atoms with Gasteiger partial charge in [0.25, 0.3) is 11.8 Å². The third kappa shape index (κ3) is 25.2. The molecule has 4 aliphatic carbocycles. The van der Waals surface area contributed by atoms with E-state index in [2.05, 4.69) is 67.5 Å². The molecule has 0 radical (unpaired) electrons. The molecule has 4 aromatic carbocycles. The number of rotatable bonds is 16. The van der Waals surface area contributed by atoms with Gasteiger partial charge in [-0.3, -0.25) is 9.59 Å². The van der Waals surface area contributed by atoms with Crippen molar-refractivity contribution >= 4 is 36.2 Å². The predicted octanol–water partition coefficient (Wildman–Crippen LogP) is 13.7. The Bertz CT molecular complexity index is 2650. The molecule has 4 unspecified atom stereocenters. The van der Waals surface area contributed by atoms with Crippen LogP contribution in [0.5, 0.6) is 0 Å². The van der Waals surface area contributed by atoms with Crippen LogP contribution < -0.4 is 22.9 Å². The number of nitrogens with zero attached hydrogens (tertiary/aromatic N) is 2. The van der Waals surface area contributed by atoms with E-state index in [0.717, 1.165) is 53.5 Å². The first kappa shape index (κ1) is 73.5. The number of hydrogen-bond acceptors (Lipinski definition) is 12. The number of nitrogens with one attached hydrogen (secondary N) is 2. The summed E-state index contributed by atoms with van der Waals surface area (Å²) in [6.45, 7) is 15.3. The molecule has 5 aliphatic rings. The molecule has 11 N–H and O–H groups in total. The van der Waals surface area contributed by atoms with Crippen molar-refractivity contribution in [3.8, 4) is 22.3 Å². The molecule has 9 rings (SSSR count). The average Bonchev–Trinajstić information content (AvgIpc) is 2.84. The molecule has 0 spiro atoms. The van der Waals surface area contributed by atoms with E-state index in [0.29, 0.717) is 55.0 Å². The Balaban J connectivity index is 0.000000283. The van der Waals surface area contributed by atoms with Crippen LogP contribution >= 0.6 is 0 Å². The van der Waals surface area contributed by atoms with Crippen LogP contribution in [0, 0.1) is 10.8 Å². The van der Waals surface area contributed by atoms with Gasteiger partial charge in [0.1, 0.15) is 6.17 Å². The third-order valence-electron chi connectivity index (χ3n) is 16.0. The first-order chi connectivity index (χ1) is 40.4. The summed E-state index contributed by atoms with van der Waals surface area (Å²) in [6, 6.07) is 25.4. The number of methoxy groups -OCH3 is 1. The summed E-state index contributed by atoms with van der Waals surface area (Å²) >= 11 is 0. The summed E-state index contributed by atoms with van der Waals surface area (Å²) in [6.07, 6.45) is 11.6. The van der Waals surface area contributed by atoms with Gasteiger partial charge in [-0.25, -0.2) is 22.0 Å². The van der Waals surface area contributed by atoms with E-state index in [4.69, 9.17) is 41.7 Å². The minimum absolute atomic E-state index is 0.0515. The Hall–Kier alpha value is -5.79. The number of benzene rings is 4. The van der Waals surface area contributed by atoms with Gasteiger partial charge >= 0.3 is 5.97 Å². The summed E-state index contributed by atoms with van der Waals surface area (Å²) in [4.78, 5) is 24.7. The quantitative estimate of drug-likeness (QED) is 0.0184. The van der Waals surface area contributed by atoms with E-state index in [9.17, 15) is 26.7 Å². The molecule has 4 atom stereocenters. The SMILES string of the molecule is CC(C)N1CCCCC1.CC(OC1CCCC(F)(F)C1)C(F)CN(C)C(C)C.CCc1cccc(-c2ccc(N)c(C=N)c2)c1C1CC1.CN.COC(=O)Cc1cccc(-c2ccc(N)c(C=N)c2)c1C1CC1.NC=O.OC1CCCC(F)(F)C1. The predicted molar refractivity (Wildman–Crippen MR) is 338 cm³/mol. The highest BCUT2D eigenvalue weighted by Gasteiger charge is 2.39. The Kier molecular flexibility index (Phi) is 32.0. The zero-order valence-corrected chi connectivity index (χ0v) is 52.1. The van der Waals surface area contributed by atoms with E-state index in [1.165, 1.54) is 99.6 Å². The number of primary amides is 1. The van der Waals surface area contributed by atoms with Gasteiger partial charge in [-0.1, -0.05) is 61.9 Å². The molecular formula is C67H101F5N8O5. The van der Waals surface area contributed by atoms with Crippen LogP contribution in [0.3, 0.4) is 0 Å². The summed E-state index contributed by atoms with van der Waals surface area (Å²) in [5.74, 6) is -4.24. The molecule has 4 saturated carbocycles. The van der Waals surface area contributed by atoms with Gasteiger partial charge < -0.3 is 58.1 Å². The third-order valence-corrected chi connectivity index (χ3v) is 16.0. The number of nitrogen functional groups attached to an aromatic ring is 2. The van der Waals surface area contributed by atoms with Gasteiger partial charge in [-0.05, 0) is 213 Å². The maximum atomic E-state index is 14.0. The number of aryl methyl sites for hydroxylation is 1. The fourth-order valence-corrected chi connectivity index (χ4v) is 10.7. The number of carbonyl (C=O) groups is 2. The van der Waals surface area contributed by atoms with Crippen LogP contribution in [0.1, 0.15) is 183 Å². The molecule has 4 aromatic rings. The number of amides is 1. The lowest BCUT2D eigenvalue weighted by Crippen LogP contribution is -2.41. The van der Waals surface area contributed by atoms with Crippen LogP contribution in [0.4, 0.5) is 33.3 Å². The van der Waals surface area contributed by atoms with Crippen LogP contribution in [0.25, 0.3) is 22.3 Å². The zero-order valence-electron chi connectivity index (χ0n) is 52.1. The van der Waals surface area contributed by atoms with E-state index in [-0.39, 0.29) is 50.6 Å². The second-order valence-corrected chi connectivity index (χ2v) is 23.3. The highest BCUT2D eigenvalue weighted by atomic mass is 19.3. The molecule has 1 heterocycles. The van der Waals surface area contributed by atoms with E-state index in [1.54, 1.807) is 6.92 Å². The minimum atomic E-state index is -2.65. The molecule has 0 aromatic heterocycles.